The predicted octanol–water partition coefficient (Wildman–Crippen LogP) is 3.61. The van der Waals surface area contributed by atoms with Crippen molar-refractivity contribution >= 4 is 11.7 Å². The largest absolute Gasteiger partial charge is 0.463 e. The van der Waals surface area contributed by atoms with Crippen LogP contribution in [0.15, 0.2) is 30.3 Å². The van der Waals surface area contributed by atoms with Crippen molar-refractivity contribution in [3.05, 3.63) is 41.5 Å². The lowest BCUT2D eigenvalue weighted by atomic mass is 9.67. The summed E-state index contributed by atoms with van der Waals surface area (Å²) < 4.78 is 5.07. The van der Waals surface area contributed by atoms with Gasteiger partial charge >= 0.3 is 5.97 Å². The van der Waals surface area contributed by atoms with Crippen LogP contribution in [-0.2, 0) is 9.53 Å². The minimum absolute atomic E-state index is 0.0466. The molecule has 0 radical (unpaired) electrons. The Hall–Kier alpha value is -1.77. The van der Waals surface area contributed by atoms with Gasteiger partial charge in [-0.15, -0.1) is 0 Å². The molecule has 1 heterocycles. The lowest BCUT2D eigenvalue weighted by molar-refractivity contribution is -0.137. The highest BCUT2D eigenvalue weighted by molar-refractivity contribution is 5.92. The number of rotatable bonds is 2. The molecule has 1 fully saturated rings. The highest BCUT2D eigenvalue weighted by Gasteiger charge is 2.42. The molecule has 1 aliphatic carbocycles. The summed E-state index contributed by atoms with van der Waals surface area (Å²) in [4.78, 5) is 11.8. The number of fused-ring (bicyclic) bond motifs is 3. The second kappa shape index (κ2) is 5.55. The number of nitrogens with one attached hydrogen (secondary N) is 1. The normalized spacial score (nSPS) is 29.2. The summed E-state index contributed by atoms with van der Waals surface area (Å²) in [5, 5.41) is 3.64. The Balaban J connectivity index is 2.04. The Morgan fingerprint density at radius 1 is 1.43 bits per heavy atom. The summed E-state index contributed by atoms with van der Waals surface area (Å²) in [6.07, 6.45) is 6.50. The fourth-order valence-corrected chi connectivity index (χ4v) is 3.82. The van der Waals surface area contributed by atoms with E-state index in [0.29, 0.717) is 12.5 Å². The van der Waals surface area contributed by atoms with Gasteiger partial charge in [0.1, 0.15) is 0 Å². The summed E-state index contributed by atoms with van der Waals surface area (Å²) in [7, 11) is 0. The van der Waals surface area contributed by atoms with Crippen molar-refractivity contribution in [2.45, 2.75) is 51.0 Å². The summed E-state index contributed by atoms with van der Waals surface area (Å²) in [5.41, 5.74) is 3.47. The molecular formula is C18H23NO2. The standard InChI is InChI=1S/C18H23NO2/c1-3-21-17(20)12-16-14-9-5-4-8-13(14)15-10-6-7-11-18(15,2)19-16/h4-5,8-9,12,15,19H,3,6-7,10-11H2,1-2H3/b16-12+/t15-,18-/m1/s1. The fourth-order valence-electron chi connectivity index (χ4n) is 3.82. The van der Waals surface area contributed by atoms with Crippen LogP contribution in [0.3, 0.4) is 0 Å². The van der Waals surface area contributed by atoms with Gasteiger partial charge in [-0.05, 0) is 32.3 Å². The molecule has 1 aliphatic heterocycles. The number of carbonyl (C=O) groups is 1. The fraction of sp³-hybridized carbons (Fsp3) is 0.500. The van der Waals surface area contributed by atoms with E-state index in [1.807, 2.05) is 13.0 Å². The highest BCUT2D eigenvalue weighted by atomic mass is 16.5. The van der Waals surface area contributed by atoms with Gasteiger partial charge in [-0.1, -0.05) is 37.1 Å². The summed E-state index contributed by atoms with van der Waals surface area (Å²) in [5.74, 6) is 0.259. The summed E-state index contributed by atoms with van der Waals surface area (Å²) in [6.45, 7) is 4.52. The first-order chi connectivity index (χ1) is 10.1. The molecule has 1 aromatic rings. The Labute approximate surface area is 126 Å². The average Bonchev–Trinajstić information content (AvgIpc) is 2.47. The van der Waals surface area contributed by atoms with Crippen molar-refractivity contribution in [1.29, 1.82) is 0 Å². The molecule has 0 unspecified atom stereocenters. The molecule has 0 aromatic heterocycles. The number of benzene rings is 1. The number of esters is 1. The van der Waals surface area contributed by atoms with Gasteiger partial charge in [0.2, 0.25) is 0 Å². The Bertz CT molecular complexity index is 578. The van der Waals surface area contributed by atoms with Crippen molar-refractivity contribution in [1.82, 2.24) is 5.32 Å². The maximum atomic E-state index is 11.8. The van der Waals surface area contributed by atoms with Gasteiger partial charge in [0.05, 0.1) is 6.61 Å². The molecule has 1 aromatic carbocycles. The Morgan fingerprint density at radius 2 is 2.24 bits per heavy atom. The Morgan fingerprint density at radius 3 is 3.05 bits per heavy atom. The van der Waals surface area contributed by atoms with E-state index < -0.39 is 0 Å². The van der Waals surface area contributed by atoms with Gasteiger partial charge in [-0.2, -0.15) is 0 Å². The average molecular weight is 285 g/mol. The molecule has 3 rings (SSSR count). The lowest BCUT2D eigenvalue weighted by Crippen LogP contribution is -2.51. The zero-order chi connectivity index (χ0) is 14.9. The number of carbonyl (C=O) groups excluding carboxylic acids is 1. The molecular weight excluding hydrogens is 262 g/mol. The van der Waals surface area contributed by atoms with Crippen molar-refractivity contribution in [2.75, 3.05) is 6.61 Å². The van der Waals surface area contributed by atoms with Crippen molar-refractivity contribution in [3.63, 3.8) is 0 Å². The zero-order valence-corrected chi connectivity index (χ0v) is 12.8. The Kier molecular flexibility index (Phi) is 3.75. The summed E-state index contributed by atoms with van der Waals surface area (Å²) >= 11 is 0. The van der Waals surface area contributed by atoms with E-state index in [4.69, 9.17) is 4.74 Å². The maximum absolute atomic E-state index is 11.8. The molecule has 0 bridgehead atoms. The van der Waals surface area contributed by atoms with Crippen molar-refractivity contribution in [2.24, 2.45) is 0 Å². The van der Waals surface area contributed by atoms with Crippen LogP contribution in [-0.4, -0.2) is 18.1 Å². The molecule has 21 heavy (non-hydrogen) atoms. The molecule has 1 saturated carbocycles. The molecule has 3 nitrogen and oxygen atoms in total. The van der Waals surface area contributed by atoms with Gasteiger partial charge in [-0.25, -0.2) is 4.79 Å². The van der Waals surface area contributed by atoms with Crippen LogP contribution >= 0.6 is 0 Å². The smallest absolute Gasteiger partial charge is 0.332 e. The maximum Gasteiger partial charge on any atom is 0.332 e. The molecule has 2 atom stereocenters. The van der Waals surface area contributed by atoms with Gasteiger partial charge in [0.25, 0.3) is 0 Å². The van der Waals surface area contributed by atoms with Crippen LogP contribution in [0.25, 0.3) is 5.70 Å². The molecule has 0 saturated heterocycles. The lowest BCUT2D eigenvalue weighted by Gasteiger charge is -2.48. The number of hydrogen-bond donors (Lipinski definition) is 1. The van der Waals surface area contributed by atoms with E-state index in [2.05, 4.69) is 30.4 Å². The zero-order valence-electron chi connectivity index (χ0n) is 12.8. The van der Waals surface area contributed by atoms with Gasteiger partial charge in [0.15, 0.2) is 0 Å². The quantitative estimate of drug-likeness (QED) is 0.666. The van der Waals surface area contributed by atoms with Gasteiger partial charge in [0, 0.05) is 28.8 Å². The van der Waals surface area contributed by atoms with Crippen LogP contribution in [0.2, 0.25) is 0 Å². The molecule has 2 aliphatic rings. The second-order valence-corrected chi connectivity index (χ2v) is 6.24. The van der Waals surface area contributed by atoms with E-state index in [0.717, 1.165) is 17.7 Å². The topological polar surface area (TPSA) is 38.3 Å². The van der Waals surface area contributed by atoms with Crippen LogP contribution in [0.4, 0.5) is 0 Å². The van der Waals surface area contributed by atoms with Crippen molar-refractivity contribution < 1.29 is 9.53 Å². The SMILES string of the molecule is CCOC(=O)/C=C1/N[C@]2(C)CCCC[C@@H]2c2ccccc21. The number of hydrogen-bond acceptors (Lipinski definition) is 3. The molecule has 112 valence electrons. The van der Waals surface area contributed by atoms with Gasteiger partial charge < -0.3 is 10.1 Å². The van der Waals surface area contributed by atoms with E-state index in [1.54, 1.807) is 6.08 Å². The highest BCUT2D eigenvalue weighted by Crippen LogP contribution is 2.47. The first-order valence-corrected chi connectivity index (χ1v) is 7.90. The number of ether oxygens (including phenoxy) is 1. The third kappa shape index (κ3) is 2.57. The third-order valence-corrected chi connectivity index (χ3v) is 4.80. The first kappa shape index (κ1) is 14.2. The van der Waals surface area contributed by atoms with Crippen molar-refractivity contribution in [3.8, 4) is 0 Å². The second-order valence-electron chi connectivity index (χ2n) is 6.24. The monoisotopic (exact) mass is 285 g/mol. The van der Waals surface area contributed by atoms with E-state index in [1.165, 1.54) is 24.8 Å². The first-order valence-electron chi connectivity index (χ1n) is 7.90. The third-order valence-electron chi connectivity index (χ3n) is 4.80. The van der Waals surface area contributed by atoms with Crippen LogP contribution in [0.1, 0.15) is 56.6 Å². The van der Waals surface area contributed by atoms with Crippen LogP contribution in [0.5, 0.6) is 0 Å². The minimum atomic E-state index is -0.271. The van der Waals surface area contributed by atoms with Crippen LogP contribution in [0, 0.1) is 0 Å². The summed E-state index contributed by atoms with van der Waals surface area (Å²) in [6, 6.07) is 8.44. The van der Waals surface area contributed by atoms with Gasteiger partial charge in [-0.3, -0.25) is 0 Å². The molecule has 0 amide bonds. The van der Waals surface area contributed by atoms with Crippen LogP contribution < -0.4 is 5.32 Å². The minimum Gasteiger partial charge on any atom is -0.463 e. The van der Waals surface area contributed by atoms with E-state index >= 15 is 0 Å². The molecule has 0 spiro atoms. The predicted molar refractivity (Wildman–Crippen MR) is 83.8 cm³/mol. The van der Waals surface area contributed by atoms with E-state index in [-0.39, 0.29) is 11.5 Å². The molecule has 3 heteroatoms. The molecule has 1 N–H and O–H groups in total. The van der Waals surface area contributed by atoms with E-state index in [9.17, 15) is 4.79 Å².